The van der Waals surface area contributed by atoms with E-state index in [0.29, 0.717) is 16.5 Å². The number of furan rings is 1. The molecule has 0 aliphatic heterocycles. The van der Waals surface area contributed by atoms with Gasteiger partial charge in [-0.2, -0.15) is 5.26 Å². The number of pyridine rings is 1. The van der Waals surface area contributed by atoms with E-state index < -0.39 is 17.7 Å². The van der Waals surface area contributed by atoms with Crippen LogP contribution in [0.2, 0.25) is 5.02 Å². The van der Waals surface area contributed by atoms with E-state index in [1.54, 1.807) is 54.9 Å². The summed E-state index contributed by atoms with van der Waals surface area (Å²) in [6, 6.07) is 14.9. The second-order valence-electron chi connectivity index (χ2n) is 6.66. The molecule has 0 saturated heterocycles. The average molecular weight is 464 g/mol. The Morgan fingerprint density at radius 2 is 1.85 bits per heavy atom. The first kappa shape index (κ1) is 23.2. The smallest absolute Gasteiger partial charge is 0.313 e. The van der Waals surface area contributed by atoms with Gasteiger partial charge < -0.3 is 20.4 Å². The third-order valence-corrected chi connectivity index (χ3v) is 4.46. The summed E-state index contributed by atoms with van der Waals surface area (Å²) in [5, 5.41) is 17.2. The Morgan fingerprint density at radius 3 is 2.58 bits per heavy atom. The Hall–Kier alpha value is -4.42. The van der Waals surface area contributed by atoms with Crippen LogP contribution in [-0.2, 0) is 27.5 Å². The van der Waals surface area contributed by atoms with Gasteiger partial charge in [0.15, 0.2) is 0 Å². The van der Waals surface area contributed by atoms with Crippen LogP contribution in [-0.4, -0.2) is 22.7 Å². The molecule has 3 rings (SSSR count). The van der Waals surface area contributed by atoms with Gasteiger partial charge >= 0.3 is 11.8 Å². The van der Waals surface area contributed by atoms with Crippen LogP contribution in [0.15, 0.2) is 70.9 Å². The molecule has 0 aliphatic carbocycles. The van der Waals surface area contributed by atoms with Crippen LogP contribution in [0.4, 0.5) is 5.69 Å². The molecule has 9 nitrogen and oxygen atoms in total. The third kappa shape index (κ3) is 7.05. The number of anilines is 1. The Labute approximate surface area is 194 Å². The number of hydrogen-bond acceptors (Lipinski definition) is 6. The van der Waals surface area contributed by atoms with Gasteiger partial charge in [0, 0.05) is 35.7 Å². The molecule has 2 aromatic heterocycles. The summed E-state index contributed by atoms with van der Waals surface area (Å²) in [6.45, 7) is 0.156. The molecule has 2 heterocycles. The molecule has 10 heteroatoms. The van der Waals surface area contributed by atoms with E-state index in [2.05, 4.69) is 20.9 Å². The molecule has 0 unspecified atom stereocenters. The molecule has 0 aliphatic rings. The number of nitrogens with one attached hydrogen (secondary N) is 3. The van der Waals surface area contributed by atoms with E-state index in [1.165, 1.54) is 12.1 Å². The highest BCUT2D eigenvalue weighted by Crippen LogP contribution is 2.15. The van der Waals surface area contributed by atoms with Gasteiger partial charge in [-0.25, -0.2) is 0 Å². The number of nitrogens with zero attached hydrogens (tertiary/aromatic N) is 2. The van der Waals surface area contributed by atoms with Crippen molar-refractivity contribution >= 4 is 41.1 Å². The van der Waals surface area contributed by atoms with Gasteiger partial charge in [0.1, 0.15) is 23.2 Å². The normalized spacial score (nSPS) is 10.7. The fraction of sp³-hybridized carbons (Fsp3) is 0.0870. The number of nitriles is 1. The average Bonchev–Trinajstić information content (AvgIpc) is 3.27. The van der Waals surface area contributed by atoms with E-state index in [1.807, 2.05) is 6.07 Å². The minimum atomic E-state index is -0.865. The summed E-state index contributed by atoms with van der Waals surface area (Å²) in [7, 11) is 0. The minimum absolute atomic E-state index is 0.0648. The van der Waals surface area contributed by atoms with E-state index in [0.717, 1.165) is 5.56 Å². The van der Waals surface area contributed by atoms with Crippen molar-refractivity contribution in [3.8, 4) is 6.07 Å². The van der Waals surface area contributed by atoms with Crippen LogP contribution in [0.25, 0.3) is 6.08 Å². The highest BCUT2D eigenvalue weighted by molar-refractivity contribution is 6.39. The van der Waals surface area contributed by atoms with Gasteiger partial charge in [0.25, 0.3) is 5.91 Å². The number of carbonyl (C=O) groups excluding carboxylic acids is 3. The number of benzene rings is 1. The Morgan fingerprint density at radius 1 is 1.03 bits per heavy atom. The lowest BCUT2D eigenvalue weighted by molar-refractivity contribution is -0.136. The zero-order valence-electron chi connectivity index (χ0n) is 17.2. The molecule has 166 valence electrons. The predicted molar refractivity (Wildman–Crippen MR) is 120 cm³/mol. The predicted octanol–water partition coefficient (Wildman–Crippen LogP) is 2.81. The SMILES string of the molecule is N#C/C(=C/c1ccc(CNC(=O)C(=O)Nc2cccc(Cl)c2)o1)C(=O)NCc1cccnc1. The Bertz CT molecular complexity index is 1230. The summed E-state index contributed by atoms with van der Waals surface area (Å²) in [5.41, 5.74) is 1.03. The molecule has 0 atom stereocenters. The lowest BCUT2D eigenvalue weighted by Gasteiger charge is -2.05. The van der Waals surface area contributed by atoms with E-state index in [-0.39, 0.29) is 24.4 Å². The summed E-state index contributed by atoms with van der Waals surface area (Å²) in [4.78, 5) is 40.2. The molecule has 3 amide bonds. The fourth-order valence-electron chi connectivity index (χ4n) is 2.64. The van der Waals surface area contributed by atoms with Gasteiger partial charge in [0.2, 0.25) is 0 Å². The van der Waals surface area contributed by atoms with Crippen LogP contribution in [0, 0.1) is 11.3 Å². The molecule has 3 N–H and O–H groups in total. The van der Waals surface area contributed by atoms with Gasteiger partial charge in [-0.1, -0.05) is 23.7 Å². The first-order valence-electron chi connectivity index (χ1n) is 9.67. The molecule has 33 heavy (non-hydrogen) atoms. The van der Waals surface area contributed by atoms with Crippen LogP contribution >= 0.6 is 11.6 Å². The summed E-state index contributed by atoms with van der Waals surface area (Å²) < 4.78 is 5.51. The Balaban J connectivity index is 1.53. The van der Waals surface area contributed by atoms with Crippen molar-refractivity contribution in [2.45, 2.75) is 13.1 Å². The molecular formula is C23H18ClN5O4. The molecule has 0 saturated carbocycles. The quantitative estimate of drug-likeness (QED) is 0.280. The van der Waals surface area contributed by atoms with Crippen molar-refractivity contribution < 1.29 is 18.8 Å². The maximum Gasteiger partial charge on any atom is 0.313 e. The van der Waals surface area contributed by atoms with E-state index in [4.69, 9.17) is 16.0 Å². The van der Waals surface area contributed by atoms with Crippen molar-refractivity contribution in [3.63, 3.8) is 0 Å². The summed E-state index contributed by atoms with van der Waals surface area (Å²) >= 11 is 5.85. The second-order valence-corrected chi connectivity index (χ2v) is 7.10. The lowest BCUT2D eigenvalue weighted by Crippen LogP contribution is -2.34. The summed E-state index contributed by atoms with van der Waals surface area (Å²) in [5.74, 6) is -1.71. The number of amides is 3. The third-order valence-electron chi connectivity index (χ3n) is 4.22. The van der Waals surface area contributed by atoms with E-state index >= 15 is 0 Å². The van der Waals surface area contributed by atoms with Crippen LogP contribution < -0.4 is 16.0 Å². The number of halogens is 1. The monoisotopic (exact) mass is 463 g/mol. The highest BCUT2D eigenvalue weighted by Gasteiger charge is 2.15. The topological polar surface area (TPSA) is 137 Å². The first-order valence-corrected chi connectivity index (χ1v) is 10.0. The number of aromatic nitrogens is 1. The Kier molecular flexibility index (Phi) is 7.94. The minimum Gasteiger partial charge on any atom is -0.460 e. The summed E-state index contributed by atoms with van der Waals surface area (Å²) in [6.07, 6.45) is 4.52. The number of hydrogen-bond donors (Lipinski definition) is 3. The van der Waals surface area contributed by atoms with Crippen molar-refractivity contribution in [2.24, 2.45) is 0 Å². The zero-order chi connectivity index (χ0) is 23.6. The van der Waals surface area contributed by atoms with Gasteiger partial charge in [-0.3, -0.25) is 19.4 Å². The molecule has 0 bridgehead atoms. The molecular weight excluding hydrogens is 446 g/mol. The fourth-order valence-corrected chi connectivity index (χ4v) is 2.83. The largest absolute Gasteiger partial charge is 0.460 e. The van der Waals surface area contributed by atoms with Gasteiger partial charge in [-0.05, 0) is 42.0 Å². The second kappa shape index (κ2) is 11.3. The molecule has 1 aromatic carbocycles. The van der Waals surface area contributed by atoms with Crippen molar-refractivity contribution in [3.05, 3.63) is 88.6 Å². The lowest BCUT2D eigenvalue weighted by atomic mass is 10.2. The van der Waals surface area contributed by atoms with Crippen molar-refractivity contribution in [1.29, 1.82) is 5.26 Å². The van der Waals surface area contributed by atoms with Crippen molar-refractivity contribution in [2.75, 3.05) is 5.32 Å². The number of carbonyl (C=O) groups is 3. The maximum atomic E-state index is 12.2. The van der Waals surface area contributed by atoms with Crippen LogP contribution in [0.5, 0.6) is 0 Å². The molecule has 3 aromatic rings. The molecule has 0 radical (unpaired) electrons. The number of rotatable bonds is 7. The highest BCUT2D eigenvalue weighted by atomic mass is 35.5. The maximum absolute atomic E-state index is 12.2. The first-order chi connectivity index (χ1) is 15.9. The van der Waals surface area contributed by atoms with Gasteiger partial charge in [0.05, 0.1) is 6.54 Å². The van der Waals surface area contributed by atoms with E-state index in [9.17, 15) is 19.6 Å². The van der Waals surface area contributed by atoms with Crippen molar-refractivity contribution in [1.82, 2.24) is 15.6 Å². The van der Waals surface area contributed by atoms with Crippen LogP contribution in [0.3, 0.4) is 0 Å². The standard InChI is InChI=1S/C23H18ClN5O4/c24-17-4-1-5-18(10-17)29-23(32)22(31)28-14-20-7-6-19(33-20)9-16(11-25)21(30)27-13-15-3-2-8-26-12-15/h1-10,12H,13-14H2,(H,27,30)(H,28,31)(H,29,32)/b16-9-. The molecule has 0 fully saturated rings. The zero-order valence-corrected chi connectivity index (χ0v) is 17.9. The van der Waals surface area contributed by atoms with Crippen LogP contribution in [0.1, 0.15) is 17.1 Å². The molecule has 0 spiro atoms. The van der Waals surface area contributed by atoms with Gasteiger partial charge in [-0.15, -0.1) is 0 Å².